The molecule has 2 N–H and O–H groups in total. The van der Waals surface area contributed by atoms with Crippen LogP contribution in [0.4, 0.5) is 0 Å². The number of rotatable bonds is 7. The van der Waals surface area contributed by atoms with Gasteiger partial charge in [0.05, 0.1) is 0 Å². The first kappa shape index (κ1) is 14.1. The monoisotopic (exact) mass is 241 g/mol. The summed E-state index contributed by atoms with van der Waals surface area (Å²) < 4.78 is 10.6. The lowest BCUT2D eigenvalue weighted by Gasteiger charge is -2.21. The number of aromatic nitrogens is 2. The van der Waals surface area contributed by atoms with Gasteiger partial charge in [-0.05, 0) is 19.8 Å². The van der Waals surface area contributed by atoms with Gasteiger partial charge in [0, 0.05) is 19.6 Å². The third-order valence-corrected chi connectivity index (χ3v) is 3.16. The SMILES string of the molecule is CCCC(N)Cc1nc(C(C)(CC)OC)no1. The third kappa shape index (κ3) is 3.51. The van der Waals surface area contributed by atoms with E-state index in [1.54, 1.807) is 7.11 Å². The molecule has 0 amide bonds. The molecule has 0 bridgehead atoms. The topological polar surface area (TPSA) is 74.2 Å². The molecule has 5 nitrogen and oxygen atoms in total. The molecule has 0 aliphatic rings. The van der Waals surface area contributed by atoms with Gasteiger partial charge in [-0.2, -0.15) is 4.98 Å². The summed E-state index contributed by atoms with van der Waals surface area (Å²) in [5, 5.41) is 3.98. The van der Waals surface area contributed by atoms with E-state index in [4.69, 9.17) is 15.0 Å². The molecule has 2 unspecified atom stereocenters. The Morgan fingerprint density at radius 2 is 2.18 bits per heavy atom. The zero-order valence-electron chi connectivity index (χ0n) is 11.2. The second-order valence-corrected chi connectivity index (χ2v) is 4.55. The van der Waals surface area contributed by atoms with Crippen LogP contribution < -0.4 is 5.73 Å². The second kappa shape index (κ2) is 6.12. The van der Waals surface area contributed by atoms with Gasteiger partial charge >= 0.3 is 0 Å². The molecule has 0 aliphatic heterocycles. The Kier molecular flexibility index (Phi) is 5.08. The number of ether oxygens (including phenoxy) is 1. The predicted molar refractivity (Wildman–Crippen MR) is 65.5 cm³/mol. The highest BCUT2D eigenvalue weighted by Gasteiger charge is 2.30. The van der Waals surface area contributed by atoms with Crippen molar-refractivity contribution < 1.29 is 9.26 Å². The average Bonchev–Trinajstić information content (AvgIpc) is 2.77. The molecule has 1 aromatic heterocycles. The molecule has 0 aliphatic carbocycles. The number of nitrogens with two attached hydrogens (primary N) is 1. The van der Waals surface area contributed by atoms with Crippen LogP contribution in [-0.4, -0.2) is 23.3 Å². The van der Waals surface area contributed by atoms with Crippen LogP contribution in [0.2, 0.25) is 0 Å². The molecule has 2 atom stereocenters. The van der Waals surface area contributed by atoms with E-state index in [9.17, 15) is 0 Å². The second-order valence-electron chi connectivity index (χ2n) is 4.55. The van der Waals surface area contributed by atoms with Crippen LogP contribution >= 0.6 is 0 Å². The maximum Gasteiger partial charge on any atom is 0.228 e. The van der Waals surface area contributed by atoms with Gasteiger partial charge in [-0.15, -0.1) is 0 Å². The number of hydrogen-bond acceptors (Lipinski definition) is 5. The molecule has 1 rings (SSSR count). The molecule has 0 saturated heterocycles. The zero-order valence-corrected chi connectivity index (χ0v) is 11.2. The van der Waals surface area contributed by atoms with Gasteiger partial charge < -0.3 is 15.0 Å². The molecule has 0 fully saturated rings. The Balaban J connectivity index is 2.71. The quantitative estimate of drug-likeness (QED) is 0.790. The van der Waals surface area contributed by atoms with E-state index in [2.05, 4.69) is 17.1 Å². The van der Waals surface area contributed by atoms with E-state index in [1.807, 2.05) is 13.8 Å². The van der Waals surface area contributed by atoms with Crippen molar-refractivity contribution in [3.05, 3.63) is 11.7 Å². The average molecular weight is 241 g/mol. The van der Waals surface area contributed by atoms with Gasteiger partial charge in [0.15, 0.2) is 0 Å². The molecule has 5 heteroatoms. The summed E-state index contributed by atoms with van der Waals surface area (Å²) in [6.07, 6.45) is 3.45. The van der Waals surface area contributed by atoms with Gasteiger partial charge in [0.25, 0.3) is 0 Å². The molecule has 0 saturated carbocycles. The summed E-state index contributed by atoms with van der Waals surface area (Å²) in [5.74, 6) is 1.19. The van der Waals surface area contributed by atoms with Crippen molar-refractivity contribution in [1.82, 2.24) is 10.1 Å². The summed E-state index contributed by atoms with van der Waals surface area (Å²) >= 11 is 0. The molecule has 0 spiro atoms. The Morgan fingerprint density at radius 3 is 2.71 bits per heavy atom. The predicted octanol–water partition coefficient (Wildman–Crippen LogP) is 2.01. The van der Waals surface area contributed by atoms with Gasteiger partial charge in [0.1, 0.15) is 5.60 Å². The lowest BCUT2D eigenvalue weighted by atomic mass is 10.0. The van der Waals surface area contributed by atoms with Crippen LogP contribution in [0.3, 0.4) is 0 Å². The van der Waals surface area contributed by atoms with Crippen LogP contribution in [0.15, 0.2) is 4.52 Å². The van der Waals surface area contributed by atoms with E-state index in [0.29, 0.717) is 18.1 Å². The Hall–Kier alpha value is -0.940. The summed E-state index contributed by atoms with van der Waals surface area (Å²) in [7, 11) is 1.66. The Bertz CT molecular complexity index is 334. The summed E-state index contributed by atoms with van der Waals surface area (Å²) in [4.78, 5) is 4.36. The third-order valence-electron chi connectivity index (χ3n) is 3.16. The van der Waals surface area contributed by atoms with E-state index < -0.39 is 5.60 Å². The fraction of sp³-hybridized carbons (Fsp3) is 0.833. The highest BCUT2D eigenvalue weighted by molar-refractivity contribution is 4.99. The molecule has 0 aromatic carbocycles. The van der Waals surface area contributed by atoms with Crippen molar-refractivity contribution in [2.75, 3.05) is 7.11 Å². The summed E-state index contributed by atoms with van der Waals surface area (Å²) in [6, 6.07) is 0.0868. The standard InChI is InChI=1S/C12H23N3O2/c1-5-7-9(13)8-10-14-11(15-17-10)12(3,6-2)16-4/h9H,5-8,13H2,1-4H3. The van der Waals surface area contributed by atoms with Crippen molar-refractivity contribution in [1.29, 1.82) is 0 Å². The molecular formula is C12H23N3O2. The van der Waals surface area contributed by atoms with Crippen molar-refractivity contribution in [2.45, 2.75) is 58.1 Å². The summed E-state index contributed by atoms with van der Waals surface area (Å²) in [6.45, 7) is 6.09. The molecule has 98 valence electrons. The highest BCUT2D eigenvalue weighted by Crippen LogP contribution is 2.25. The first-order valence-corrected chi connectivity index (χ1v) is 6.19. The van der Waals surface area contributed by atoms with Gasteiger partial charge in [0.2, 0.25) is 11.7 Å². The van der Waals surface area contributed by atoms with Crippen LogP contribution in [0.1, 0.15) is 51.7 Å². The zero-order chi connectivity index (χ0) is 12.9. The minimum Gasteiger partial charge on any atom is -0.370 e. The molecule has 1 heterocycles. The van der Waals surface area contributed by atoms with E-state index in [0.717, 1.165) is 19.3 Å². The molecule has 17 heavy (non-hydrogen) atoms. The number of hydrogen-bond donors (Lipinski definition) is 1. The lowest BCUT2D eigenvalue weighted by Crippen LogP contribution is -2.25. The van der Waals surface area contributed by atoms with Gasteiger partial charge in [-0.1, -0.05) is 25.4 Å². The smallest absolute Gasteiger partial charge is 0.228 e. The van der Waals surface area contributed by atoms with Crippen molar-refractivity contribution in [2.24, 2.45) is 5.73 Å². The van der Waals surface area contributed by atoms with Crippen molar-refractivity contribution in [3.8, 4) is 0 Å². The fourth-order valence-electron chi connectivity index (χ4n) is 1.64. The summed E-state index contributed by atoms with van der Waals surface area (Å²) in [5.41, 5.74) is 5.46. The Morgan fingerprint density at radius 1 is 1.47 bits per heavy atom. The van der Waals surface area contributed by atoms with Gasteiger partial charge in [-0.3, -0.25) is 0 Å². The number of methoxy groups -OCH3 is 1. The van der Waals surface area contributed by atoms with Gasteiger partial charge in [-0.25, -0.2) is 0 Å². The van der Waals surface area contributed by atoms with Crippen molar-refractivity contribution >= 4 is 0 Å². The minimum atomic E-state index is -0.476. The van der Waals surface area contributed by atoms with E-state index in [-0.39, 0.29) is 6.04 Å². The Labute approximate surface area is 103 Å². The first-order chi connectivity index (χ1) is 8.05. The minimum absolute atomic E-state index is 0.0868. The van der Waals surface area contributed by atoms with Crippen LogP contribution in [0.25, 0.3) is 0 Å². The molecule has 1 aromatic rings. The van der Waals surface area contributed by atoms with Crippen LogP contribution in [-0.2, 0) is 16.8 Å². The normalized spacial score (nSPS) is 16.8. The fourth-order valence-corrected chi connectivity index (χ4v) is 1.64. The van der Waals surface area contributed by atoms with Crippen LogP contribution in [0, 0.1) is 0 Å². The lowest BCUT2D eigenvalue weighted by molar-refractivity contribution is -0.0106. The number of nitrogens with zero attached hydrogens (tertiary/aromatic N) is 2. The van der Waals surface area contributed by atoms with E-state index in [1.165, 1.54) is 0 Å². The largest absolute Gasteiger partial charge is 0.370 e. The van der Waals surface area contributed by atoms with Crippen LogP contribution in [0.5, 0.6) is 0 Å². The maximum atomic E-state index is 5.94. The highest BCUT2D eigenvalue weighted by atomic mass is 16.5. The van der Waals surface area contributed by atoms with Crippen molar-refractivity contribution in [3.63, 3.8) is 0 Å². The molecule has 0 radical (unpaired) electrons. The first-order valence-electron chi connectivity index (χ1n) is 6.19. The molecular weight excluding hydrogens is 218 g/mol. The van der Waals surface area contributed by atoms with E-state index >= 15 is 0 Å². The maximum absolute atomic E-state index is 5.94.